The van der Waals surface area contributed by atoms with Crippen LogP contribution >= 0.6 is 11.6 Å². The lowest BCUT2D eigenvalue weighted by Gasteiger charge is -2.27. The molecule has 2 heterocycles. The van der Waals surface area contributed by atoms with Gasteiger partial charge < -0.3 is 20.1 Å². The molecule has 4 rings (SSSR count). The molecular weight excluding hydrogens is 476 g/mol. The molecule has 0 saturated heterocycles. The highest BCUT2D eigenvalue weighted by molar-refractivity contribution is 6.34. The SMILES string of the molecule is CCOC1=C(C(=O)Cc2ccc(Oc3ccnc(N)c3Cl)c(F)c2)CN(c2ccc(F)cc2)C=C1. The molecule has 0 amide bonds. The van der Waals surface area contributed by atoms with E-state index in [2.05, 4.69) is 4.98 Å². The van der Waals surface area contributed by atoms with Crippen LogP contribution in [0.1, 0.15) is 12.5 Å². The van der Waals surface area contributed by atoms with Crippen LogP contribution in [0.3, 0.4) is 0 Å². The van der Waals surface area contributed by atoms with Crippen molar-refractivity contribution in [3.05, 3.63) is 101 Å². The standard InChI is InChI=1S/C26H22ClF2N3O3/c1-2-34-22-10-12-32(18-6-4-17(28)5-7-18)15-19(22)21(33)14-16-3-8-23(20(29)13-16)35-24-9-11-31-26(30)25(24)27/h3-13H,2,14-15H2,1H3,(H2,30,31). The molecule has 0 atom stereocenters. The fraction of sp³-hybridized carbons (Fsp3) is 0.154. The van der Waals surface area contributed by atoms with E-state index in [0.29, 0.717) is 23.5 Å². The van der Waals surface area contributed by atoms with E-state index in [4.69, 9.17) is 26.8 Å². The summed E-state index contributed by atoms with van der Waals surface area (Å²) in [6.45, 7) is 2.45. The average molecular weight is 498 g/mol. The van der Waals surface area contributed by atoms with E-state index in [-0.39, 0.29) is 46.9 Å². The average Bonchev–Trinajstić information content (AvgIpc) is 2.84. The van der Waals surface area contributed by atoms with Gasteiger partial charge in [0.25, 0.3) is 0 Å². The van der Waals surface area contributed by atoms with Crippen LogP contribution in [0.2, 0.25) is 5.02 Å². The number of nitrogen functional groups attached to an aromatic ring is 1. The minimum Gasteiger partial charge on any atom is -0.493 e. The van der Waals surface area contributed by atoms with Gasteiger partial charge in [-0.25, -0.2) is 13.8 Å². The second-order valence-corrected chi connectivity index (χ2v) is 8.05. The Balaban J connectivity index is 1.52. The number of carbonyl (C=O) groups excluding carboxylic acids is 1. The van der Waals surface area contributed by atoms with Crippen molar-refractivity contribution in [1.29, 1.82) is 0 Å². The number of hydrogen-bond acceptors (Lipinski definition) is 6. The van der Waals surface area contributed by atoms with Gasteiger partial charge >= 0.3 is 0 Å². The normalized spacial score (nSPS) is 13.2. The maximum atomic E-state index is 14.8. The minimum atomic E-state index is -0.655. The number of hydrogen-bond donors (Lipinski definition) is 1. The molecule has 0 spiro atoms. The molecule has 0 unspecified atom stereocenters. The van der Waals surface area contributed by atoms with Crippen LogP contribution in [0.25, 0.3) is 0 Å². The van der Waals surface area contributed by atoms with Crippen molar-refractivity contribution >= 4 is 28.9 Å². The second kappa shape index (κ2) is 10.6. The monoisotopic (exact) mass is 497 g/mol. The smallest absolute Gasteiger partial charge is 0.168 e. The van der Waals surface area contributed by atoms with Crippen LogP contribution in [0.15, 0.2) is 78.3 Å². The molecule has 35 heavy (non-hydrogen) atoms. The highest BCUT2D eigenvalue weighted by Crippen LogP contribution is 2.33. The van der Waals surface area contributed by atoms with Gasteiger partial charge in [0.2, 0.25) is 0 Å². The molecule has 0 saturated carbocycles. The zero-order valence-electron chi connectivity index (χ0n) is 18.8. The van der Waals surface area contributed by atoms with E-state index < -0.39 is 5.82 Å². The molecule has 3 aromatic rings. The molecule has 1 aliphatic heterocycles. The number of rotatable bonds is 8. The highest BCUT2D eigenvalue weighted by atomic mass is 35.5. The number of allylic oxidation sites excluding steroid dienone is 1. The quantitative estimate of drug-likeness (QED) is 0.422. The molecule has 1 aromatic heterocycles. The molecule has 0 aliphatic carbocycles. The van der Waals surface area contributed by atoms with Crippen molar-refractivity contribution in [3.8, 4) is 11.5 Å². The number of carbonyl (C=O) groups is 1. The van der Waals surface area contributed by atoms with Crippen LogP contribution in [0.4, 0.5) is 20.3 Å². The summed E-state index contributed by atoms with van der Waals surface area (Å²) in [6, 6.07) is 11.7. The van der Waals surface area contributed by atoms with Crippen LogP contribution in [-0.2, 0) is 16.0 Å². The molecule has 2 aromatic carbocycles. The summed E-state index contributed by atoms with van der Waals surface area (Å²) in [5, 5.41) is 0.0811. The van der Waals surface area contributed by atoms with Gasteiger partial charge in [0.15, 0.2) is 23.1 Å². The van der Waals surface area contributed by atoms with Crippen molar-refractivity contribution in [3.63, 3.8) is 0 Å². The number of ketones is 1. The third-order valence-electron chi connectivity index (χ3n) is 5.29. The van der Waals surface area contributed by atoms with Gasteiger partial charge in [-0.1, -0.05) is 17.7 Å². The van der Waals surface area contributed by atoms with Crippen LogP contribution < -0.4 is 15.4 Å². The molecule has 0 radical (unpaired) electrons. The molecule has 2 N–H and O–H groups in total. The Morgan fingerprint density at radius 3 is 2.63 bits per heavy atom. The van der Waals surface area contributed by atoms with Crippen LogP contribution in [-0.4, -0.2) is 23.9 Å². The number of ether oxygens (including phenoxy) is 2. The summed E-state index contributed by atoms with van der Waals surface area (Å²) in [6.07, 6.45) is 4.83. The lowest BCUT2D eigenvalue weighted by Crippen LogP contribution is -2.28. The van der Waals surface area contributed by atoms with Gasteiger partial charge in [0, 0.05) is 30.6 Å². The lowest BCUT2D eigenvalue weighted by atomic mass is 9.99. The predicted molar refractivity (Wildman–Crippen MR) is 130 cm³/mol. The fourth-order valence-electron chi connectivity index (χ4n) is 3.55. The minimum absolute atomic E-state index is 0.0445. The van der Waals surface area contributed by atoms with Crippen molar-refractivity contribution in [1.82, 2.24) is 4.98 Å². The van der Waals surface area contributed by atoms with Gasteiger partial charge in [-0.05, 0) is 55.0 Å². The van der Waals surface area contributed by atoms with E-state index in [0.717, 1.165) is 5.69 Å². The Kier molecular flexibility index (Phi) is 7.31. The molecule has 1 aliphatic rings. The Labute approximate surface area is 206 Å². The number of benzene rings is 2. The molecule has 9 heteroatoms. The van der Waals surface area contributed by atoms with Crippen molar-refractivity contribution in [2.45, 2.75) is 13.3 Å². The second-order valence-electron chi connectivity index (χ2n) is 7.67. The molecule has 6 nitrogen and oxygen atoms in total. The third-order valence-corrected chi connectivity index (χ3v) is 5.67. The van der Waals surface area contributed by atoms with Crippen LogP contribution in [0, 0.1) is 11.6 Å². The summed E-state index contributed by atoms with van der Waals surface area (Å²) in [5.74, 6) is -0.585. The summed E-state index contributed by atoms with van der Waals surface area (Å²) in [5.41, 5.74) is 7.29. The Morgan fingerprint density at radius 1 is 1.14 bits per heavy atom. The van der Waals surface area contributed by atoms with E-state index in [1.54, 1.807) is 30.5 Å². The first-order chi connectivity index (χ1) is 16.9. The van der Waals surface area contributed by atoms with E-state index in [1.807, 2.05) is 11.8 Å². The lowest BCUT2D eigenvalue weighted by molar-refractivity contribution is -0.115. The van der Waals surface area contributed by atoms with Crippen molar-refractivity contribution < 1.29 is 23.0 Å². The van der Waals surface area contributed by atoms with Gasteiger partial charge in [-0.15, -0.1) is 0 Å². The predicted octanol–water partition coefficient (Wildman–Crippen LogP) is 5.82. The number of nitrogens with zero attached hydrogens (tertiary/aromatic N) is 2. The first kappa shape index (κ1) is 24.2. The van der Waals surface area contributed by atoms with Gasteiger partial charge in [0.05, 0.1) is 18.7 Å². The fourth-order valence-corrected chi connectivity index (χ4v) is 3.70. The number of aromatic nitrogens is 1. The molecule has 180 valence electrons. The maximum Gasteiger partial charge on any atom is 0.168 e. The van der Waals surface area contributed by atoms with E-state index in [9.17, 15) is 13.6 Å². The largest absolute Gasteiger partial charge is 0.493 e. The summed E-state index contributed by atoms with van der Waals surface area (Å²) in [4.78, 5) is 18.9. The van der Waals surface area contributed by atoms with Gasteiger partial charge in [-0.2, -0.15) is 0 Å². The summed E-state index contributed by atoms with van der Waals surface area (Å²) in [7, 11) is 0. The number of anilines is 2. The first-order valence-corrected chi connectivity index (χ1v) is 11.2. The maximum absolute atomic E-state index is 14.8. The van der Waals surface area contributed by atoms with Gasteiger partial charge in [0.1, 0.15) is 22.4 Å². The van der Waals surface area contributed by atoms with E-state index >= 15 is 0 Å². The van der Waals surface area contributed by atoms with Crippen LogP contribution in [0.5, 0.6) is 11.5 Å². The molecular formula is C26H22ClF2N3O3. The molecule has 0 bridgehead atoms. The number of Topliss-reactive ketones (excluding diaryl/α,β-unsaturated/α-hetero) is 1. The molecule has 0 fully saturated rings. The highest BCUT2D eigenvalue weighted by Gasteiger charge is 2.23. The number of nitrogens with two attached hydrogens (primary N) is 1. The number of halogens is 3. The topological polar surface area (TPSA) is 77.7 Å². The zero-order chi connectivity index (χ0) is 24.9. The number of pyridine rings is 1. The Hall–Kier alpha value is -3.91. The Bertz CT molecular complexity index is 1310. The van der Waals surface area contributed by atoms with Crippen molar-refractivity contribution in [2.24, 2.45) is 0 Å². The first-order valence-electron chi connectivity index (χ1n) is 10.8. The van der Waals surface area contributed by atoms with Crippen molar-refractivity contribution in [2.75, 3.05) is 23.8 Å². The van der Waals surface area contributed by atoms with E-state index in [1.165, 1.54) is 36.5 Å². The summed E-state index contributed by atoms with van der Waals surface area (Å²) >= 11 is 6.06. The zero-order valence-corrected chi connectivity index (χ0v) is 19.6. The third kappa shape index (κ3) is 5.60. The Morgan fingerprint density at radius 2 is 1.91 bits per heavy atom. The van der Waals surface area contributed by atoms with Gasteiger partial charge in [-0.3, -0.25) is 4.79 Å². The summed E-state index contributed by atoms with van der Waals surface area (Å²) < 4.78 is 39.3.